The van der Waals surface area contributed by atoms with E-state index in [1.54, 1.807) is 0 Å². The summed E-state index contributed by atoms with van der Waals surface area (Å²) in [5, 5.41) is 8.75. The summed E-state index contributed by atoms with van der Waals surface area (Å²) in [7, 11) is 0. The van der Waals surface area contributed by atoms with Crippen LogP contribution in [0, 0.1) is 5.82 Å². The van der Waals surface area contributed by atoms with Gasteiger partial charge in [-0.05, 0) is 34.1 Å². The molecular formula is C13H13BrFNO4. The number of carbonyl (C=O) groups excluding carboxylic acids is 1. The second-order valence-corrected chi connectivity index (χ2v) is 5.32. The number of aliphatic carboxylic acids is 1. The first kappa shape index (κ1) is 14.9. The molecule has 2 rings (SSSR count). The molecule has 0 aromatic heterocycles. The van der Waals surface area contributed by atoms with Crippen LogP contribution < -0.4 is 0 Å². The predicted molar refractivity (Wildman–Crippen MR) is 72.0 cm³/mol. The van der Waals surface area contributed by atoms with Crippen molar-refractivity contribution in [1.29, 1.82) is 0 Å². The van der Waals surface area contributed by atoms with E-state index in [1.165, 1.54) is 17.0 Å². The maximum atomic E-state index is 13.2. The van der Waals surface area contributed by atoms with E-state index in [4.69, 9.17) is 9.84 Å². The van der Waals surface area contributed by atoms with Crippen LogP contribution in [0.25, 0.3) is 0 Å². The Balaban J connectivity index is 2.12. The largest absolute Gasteiger partial charge is 0.481 e. The highest BCUT2D eigenvalue weighted by Crippen LogP contribution is 2.21. The summed E-state index contributed by atoms with van der Waals surface area (Å²) in [4.78, 5) is 24.5. The summed E-state index contributed by atoms with van der Waals surface area (Å²) in [5.41, 5.74) is 0.223. The van der Waals surface area contributed by atoms with Crippen molar-refractivity contribution in [2.75, 3.05) is 19.7 Å². The van der Waals surface area contributed by atoms with E-state index in [0.717, 1.165) is 6.07 Å². The van der Waals surface area contributed by atoms with Crippen LogP contribution in [0.2, 0.25) is 0 Å². The van der Waals surface area contributed by atoms with Gasteiger partial charge in [0, 0.05) is 17.6 Å². The van der Waals surface area contributed by atoms with Crippen molar-refractivity contribution in [1.82, 2.24) is 4.90 Å². The van der Waals surface area contributed by atoms with E-state index in [-0.39, 0.29) is 31.0 Å². The number of nitrogens with zero attached hydrogens (tertiary/aromatic N) is 1. The minimum absolute atomic E-state index is 0.159. The van der Waals surface area contributed by atoms with Gasteiger partial charge in [-0.2, -0.15) is 0 Å². The van der Waals surface area contributed by atoms with Crippen molar-refractivity contribution in [2.45, 2.75) is 12.5 Å². The molecule has 5 nitrogen and oxygen atoms in total. The van der Waals surface area contributed by atoms with Gasteiger partial charge >= 0.3 is 5.97 Å². The zero-order valence-corrected chi connectivity index (χ0v) is 12.1. The van der Waals surface area contributed by atoms with Gasteiger partial charge in [0.1, 0.15) is 5.82 Å². The number of halogens is 2. The predicted octanol–water partition coefficient (Wildman–Crippen LogP) is 1.90. The lowest BCUT2D eigenvalue weighted by Gasteiger charge is -2.32. The number of amides is 1. The maximum Gasteiger partial charge on any atom is 0.306 e. The van der Waals surface area contributed by atoms with Gasteiger partial charge < -0.3 is 14.7 Å². The highest BCUT2D eigenvalue weighted by atomic mass is 79.9. The van der Waals surface area contributed by atoms with Gasteiger partial charge in [-0.3, -0.25) is 9.59 Å². The molecule has 1 heterocycles. The van der Waals surface area contributed by atoms with Crippen molar-refractivity contribution in [3.05, 3.63) is 34.1 Å². The number of carbonyl (C=O) groups is 2. The molecule has 0 saturated carbocycles. The molecule has 1 aromatic rings. The monoisotopic (exact) mass is 345 g/mol. The zero-order chi connectivity index (χ0) is 14.7. The Kier molecular flexibility index (Phi) is 4.72. The normalized spacial score (nSPS) is 18.9. The molecule has 1 N–H and O–H groups in total. The van der Waals surface area contributed by atoms with Gasteiger partial charge in [-0.15, -0.1) is 0 Å². The van der Waals surface area contributed by atoms with Crippen LogP contribution in [0.5, 0.6) is 0 Å². The quantitative estimate of drug-likeness (QED) is 0.908. The standard InChI is InChI=1S/C13H13BrFNO4/c14-11-2-1-8(15)5-10(11)13(19)16-3-4-20-9(7-16)6-12(17)18/h1-2,5,9H,3-4,6-7H2,(H,17,18)/t9-/m1/s1. The Morgan fingerprint density at radius 1 is 1.50 bits per heavy atom. The zero-order valence-electron chi connectivity index (χ0n) is 10.5. The number of rotatable bonds is 3. The van der Waals surface area contributed by atoms with E-state index < -0.39 is 17.9 Å². The minimum Gasteiger partial charge on any atom is -0.481 e. The van der Waals surface area contributed by atoms with Crippen LogP contribution in [-0.2, 0) is 9.53 Å². The lowest BCUT2D eigenvalue weighted by molar-refractivity contribution is -0.141. The molecule has 0 unspecified atom stereocenters. The summed E-state index contributed by atoms with van der Waals surface area (Å²) < 4.78 is 19.0. The fraction of sp³-hybridized carbons (Fsp3) is 0.385. The van der Waals surface area contributed by atoms with Gasteiger partial charge in [-0.25, -0.2) is 4.39 Å². The summed E-state index contributed by atoms with van der Waals surface area (Å²) in [6.07, 6.45) is -0.689. The van der Waals surface area contributed by atoms with E-state index in [9.17, 15) is 14.0 Å². The molecule has 1 atom stereocenters. The molecule has 7 heteroatoms. The highest BCUT2D eigenvalue weighted by molar-refractivity contribution is 9.10. The number of benzene rings is 1. The average molecular weight is 346 g/mol. The Morgan fingerprint density at radius 3 is 2.95 bits per heavy atom. The fourth-order valence-corrected chi connectivity index (χ4v) is 2.47. The van der Waals surface area contributed by atoms with Gasteiger partial charge in [0.25, 0.3) is 5.91 Å². The van der Waals surface area contributed by atoms with Crippen LogP contribution in [0.3, 0.4) is 0 Å². The van der Waals surface area contributed by atoms with Crippen LogP contribution in [0.4, 0.5) is 4.39 Å². The lowest BCUT2D eigenvalue weighted by atomic mass is 10.1. The van der Waals surface area contributed by atoms with Crippen molar-refractivity contribution in [3.63, 3.8) is 0 Å². The first-order valence-electron chi connectivity index (χ1n) is 6.05. The molecule has 108 valence electrons. The molecule has 0 radical (unpaired) electrons. The van der Waals surface area contributed by atoms with Crippen LogP contribution in [0.15, 0.2) is 22.7 Å². The first-order chi connectivity index (χ1) is 9.47. The van der Waals surface area contributed by atoms with E-state index in [1.807, 2.05) is 0 Å². The van der Waals surface area contributed by atoms with Crippen LogP contribution in [0.1, 0.15) is 16.8 Å². The Hall–Kier alpha value is -1.47. The van der Waals surface area contributed by atoms with Gasteiger partial charge in [0.2, 0.25) is 0 Å². The molecule has 1 aliphatic rings. The van der Waals surface area contributed by atoms with Crippen molar-refractivity contribution < 1.29 is 23.8 Å². The third-order valence-corrected chi connectivity index (χ3v) is 3.68. The first-order valence-corrected chi connectivity index (χ1v) is 6.84. The Bertz CT molecular complexity index is 537. The summed E-state index contributed by atoms with van der Waals surface area (Å²) in [6.45, 7) is 0.822. The molecular weight excluding hydrogens is 333 g/mol. The second kappa shape index (κ2) is 6.32. The molecule has 1 fully saturated rings. The van der Waals surface area contributed by atoms with Crippen molar-refractivity contribution in [3.8, 4) is 0 Å². The number of carboxylic acid groups (broad SMARTS) is 1. The van der Waals surface area contributed by atoms with Crippen LogP contribution in [-0.4, -0.2) is 47.7 Å². The third-order valence-electron chi connectivity index (χ3n) is 2.99. The van der Waals surface area contributed by atoms with Crippen LogP contribution >= 0.6 is 15.9 Å². The molecule has 20 heavy (non-hydrogen) atoms. The molecule has 1 saturated heterocycles. The number of morpholine rings is 1. The lowest BCUT2D eigenvalue weighted by Crippen LogP contribution is -2.46. The smallest absolute Gasteiger partial charge is 0.306 e. The average Bonchev–Trinajstić information content (AvgIpc) is 2.40. The Morgan fingerprint density at radius 2 is 2.25 bits per heavy atom. The van der Waals surface area contributed by atoms with Crippen molar-refractivity contribution >= 4 is 27.8 Å². The number of carboxylic acids is 1. The summed E-state index contributed by atoms with van der Waals surface area (Å²) in [6, 6.07) is 3.89. The minimum atomic E-state index is -0.976. The summed E-state index contributed by atoms with van der Waals surface area (Å²) in [5.74, 6) is -1.81. The molecule has 0 aliphatic carbocycles. The van der Waals surface area contributed by atoms with E-state index >= 15 is 0 Å². The van der Waals surface area contributed by atoms with Gasteiger partial charge in [0.15, 0.2) is 0 Å². The van der Waals surface area contributed by atoms with Crippen molar-refractivity contribution in [2.24, 2.45) is 0 Å². The van der Waals surface area contributed by atoms with Gasteiger partial charge in [0.05, 0.1) is 24.7 Å². The number of hydrogen-bond acceptors (Lipinski definition) is 3. The highest BCUT2D eigenvalue weighted by Gasteiger charge is 2.27. The molecule has 1 aromatic carbocycles. The number of ether oxygens (including phenoxy) is 1. The van der Waals surface area contributed by atoms with E-state index in [0.29, 0.717) is 11.0 Å². The van der Waals surface area contributed by atoms with Gasteiger partial charge in [-0.1, -0.05) is 0 Å². The number of hydrogen-bond donors (Lipinski definition) is 1. The Labute approximate surface area is 123 Å². The molecule has 0 spiro atoms. The molecule has 1 aliphatic heterocycles. The molecule has 1 amide bonds. The topological polar surface area (TPSA) is 66.8 Å². The maximum absolute atomic E-state index is 13.2. The van der Waals surface area contributed by atoms with E-state index in [2.05, 4.69) is 15.9 Å². The summed E-state index contributed by atoms with van der Waals surface area (Å²) >= 11 is 3.21. The second-order valence-electron chi connectivity index (χ2n) is 4.47. The fourth-order valence-electron chi connectivity index (χ4n) is 2.05. The molecule has 0 bridgehead atoms. The SMILES string of the molecule is O=C(O)C[C@@H]1CN(C(=O)c2cc(F)ccc2Br)CCO1. The third kappa shape index (κ3) is 3.55.